The lowest BCUT2D eigenvalue weighted by atomic mass is 10.1. The van der Waals surface area contributed by atoms with Gasteiger partial charge in [0.25, 0.3) is 0 Å². The first-order chi connectivity index (χ1) is 8.71. The van der Waals surface area contributed by atoms with E-state index < -0.39 is 0 Å². The number of likely N-dealkylation sites (N-methyl/N-ethyl adjacent to an activating group) is 1. The second kappa shape index (κ2) is 8.11. The summed E-state index contributed by atoms with van der Waals surface area (Å²) in [4.78, 5) is 2.34. The Kier molecular flexibility index (Phi) is 6.76. The summed E-state index contributed by atoms with van der Waals surface area (Å²) in [7, 11) is 0. The minimum atomic E-state index is 0.0742. The van der Waals surface area contributed by atoms with E-state index in [1.807, 2.05) is 12.1 Å². The highest BCUT2D eigenvalue weighted by atomic mass is 16.5. The Morgan fingerprint density at radius 1 is 1.11 bits per heavy atom. The van der Waals surface area contributed by atoms with E-state index in [4.69, 9.17) is 10.5 Å². The molecule has 0 aliphatic rings. The summed E-state index contributed by atoms with van der Waals surface area (Å²) in [6, 6.07) is 8.23. The first kappa shape index (κ1) is 15.0. The zero-order valence-corrected chi connectivity index (χ0v) is 11.9. The molecule has 0 amide bonds. The van der Waals surface area contributed by atoms with Gasteiger partial charge in [-0.15, -0.1) is 0 Å². The van der Waals surface area contributed by atoms with E-state index >= 15 is 0 Å². The summed E-state index contributed by atoms with van der Waals surface area (Å²) in [6.07, 6.45) is 1.03. The zero-order chi connectivity index (χ0) is 13.4. The molecule has 0 saturated heterocycles. The Balaban J connectivity index is 2.55. The van der Waals surface area contributed by atoms with Crippen LogP contribution in [0.15, 0.2) is 24.3 Å². The van der Waals surface area contributed by atoms with Gasteiger partial charge >= 0.3 is 0 Å². The van der Waals surface area contributed by atoms with Crippen LogP contribution in [0.5, 0.6) is 5.75 Å². The fraction of sp³-hybridized carbons (Fsp3) is 0.600. The molecule has 1 unspecified atom stereocenters. The third kappa shape index (κ3) is 4.67. The van der Waals surface area contributed by atoms with Crippen molar-refractivity contribution in [1.82, 2.24) is 4.90 Å². The summed E-state index contributed by atoms with van der Waals surface area (Å²) in [5.41, 5.74) is 7.39. The van der Waals surface area contributed by atoms with Crippen molar-refractivity contribution in [3.05, 3.63) is 29.8 Å². The maximum Gasteiger partial charge on any atom is 0.119 e. The fourth-order valence-electron chi connectivity index (χ4n) is 1.90. The van der Waals surface area contributed by atoms with Gasteiger partial charge in [0.15, 0.2) is 0 Å². The molecule has 0 fully saturated rings. The topological polar surface area (TPSA) is 38.5 Å². The molecule has 1 aromatic rings. The molecule has 2 N–H and O–H groups in total. The van der Waals surface area contributed by atoms with E-state index in [-0.39, 0.29) is 6.04 Å². The van der Waals surface area contributed by atoms with Crippen molar-refractivity contribution in [2.45, 2.75) is 33.2 Å². The largest absolute Gasteiger partial charge is 0.494 e. The van der Waals surface area contributed by atoms with Gasteiger partial charge in [-0.1, -0.05) is 32.9 Å². The molecule has 0 radical (unpaired) electrons. The van der Waals surface area contributed by atoms with Crippen LogP contribution in [0.2, 0.25) is 0 Å². The normalized spacial score (nSPS) is 12.7. The van der Waals surface area contributed by atoms with Crippen LogP contribution in [-0.4, -0.2) is 31.1 Å². The number of ether oxygens (including phenoxy) is 1. The van der Waals surface area contributed by atoms with Crippen molar-refractivity contribution in [2.75, 3.05) is 26.2 Å². The van der Waals surface area contributed by atoms with Crippen molar-refractivity contribution in [2.24, 2.45) is 5.73 Å². The predicted octanol–water partition coefficient (Wildman–Crippen LogP) is 2.82. The van der Waals surface area contributed by atoms with Gasteiger partial charge in [-0.3, -0.25) is 0 Å². The van der Waals surface area contributed by atoms with Crippen molar-refractivity contribution >= 4 is 0 Å². The van der Waals surface area contributed by atoms with Crippen molar-refractivity contribution in [3.63, 3.8) is 0 Å². The standard InChI is InChI=1S/C15H26N2O/c1-4-11-18-14-9-7-13(8-10-14)15(16)12-17(5-2)6-3/h7-10,15H,4-6,11-12,16H2,1-3H3. The Labute approximate surface area is 111 Å². The average Bonchev–Trinajstić information content (AvgIpc) is 2.42. The minimum absolute atomic E-state index is 0.0742. The fourth-order valence-corrected chi connectivity index (χ4v) is 1.90. The Morgan fingerprint density at radius 3 is 2.22 bits per heavy atom. The van der Waals surface area contributed by atoms with Gasteiger partial charge in [-0.25, -0.2) is 0 Å². The van der Waals surface area contributed by atoms with E-state index in [0.29, 0.717) is 0 Å². The van der Waals surface area contributed by atoms with E-state index in [1.165, 1.54) is 5.56 Å². The summed E-state index contributed by atoms with van der Waals surface area (Å²) in [5.74, 6) is 0.927. The molecule has 0 aliphatic heterocycles. The maximum absolute atomic E-state index is 6.21. The molecular weight excluding hydrogens is 224 g/mol. The average molecular weight is 250 g/mol. The molecule has 1 atom stereocenters. The highest BCUT2D eigenvalue weighted by molar-refractivity contribution is 5.29. The van der Waals surface area contributed by atoms with E-state index in [1.54, 1.807) is 0 Å². The third-order valence-electron chi connectivity index (χ3n) is 3.13. The van der Waals surface area contributed by atoms with Gasteiger partial charge in [0, 0.05) is 12.6 Å². The second-order valence-electron chi connectivity index (χ2n) is 4.51. The molecule has 18 heavy (non-hydrogen) atoms. The van der Waals surface area contributed by atoms with E-state index in [2.05, 4.69) is 37.8 Å². The first-order valence-corrected chi connectivity index (χ1v) is 6.91. The molecule has 0 heterocycles. The summed E-state index contributed by atoms with van der Waals surface area (Å²) in [5, 5.41) is 0. The summed E-state index contributed by atoms with van der Waals surface area (Å²) >= 11 is 0. The Hall–Kier alpha value is -1.06. The smallest absolute Gasteiger partial charge is 0.119 e. The number of benzene rings is 1. The van der Waals surface area contributed by atoms with Gasteiger partial charge in [0.1, 0.15) is 5.75 Å². The lowest BCUT2D eigenvalue weighted by Gasteiger charge is -2.22. The van der Waals surface area contributed by atoms with Gasteiger partial charge in [-0.05, 0) is 37.2 Å². The van der Waals surface area contributed by atoms with Gasteiger partial charge in [0.05, 0.1) is 6.61 Å². The van der Waals surface area contributed by atoms with Crippen molar-refractivity contribution < 1.29 is 4.74 Å². The molecule has 102 valence electrons. The molecule has 0 aliphatic carbocycles. The molecular formula is C15H26N2O. The Bertz CT molecular complexity index is 320. The molecule has 3 heteroatoms. The van der Waals surface area contributed by atoms with Crippen molar-refractivity contribution in [1.29, 1.82) is 0 Å². The van der Waals surface area contributed by atoms with Crippen LogP contribution in [0.3, 0.4) is 0 Å². The number of nitrogens with zero attached hydrogens (tertiary/aromatic N) is 1. The van der Waals surface area contributed by atoms with Crippen LogP contribution in [-0.2, 0) is 0 Å². The van der Waals surface area contributed by atoms with Crippen LogP contribution in [0.4, 0.5) is 0 Å². The number of nitrogens with two attached hydrogens (primary N) is 1. The predicted molar refractivity (Wildman–Crippen MR) is 76.9 cm³/mol. The molecule has 0 bridgehead atoms. The summed E-state index contributed by atoms with van der Waals surface area (Å²) < 4.78 is 5.56. The molecule has 0 saturated carbocycles. The monoisotopic (exact) mass is 250 g/mol. The first-order valence-electron chi connectivity index (χ1n) is 6.91. The number of hydrogen-bond acceptors (Lipinski definition) is 3. The highest BCUT2D eigenvalue weighted by Crippen LogP contribution is 2.17. The van der Waals surface area contributed by atoms with Gasteiger partial charge < -0.3 is 15.4 Å². The molecule has 0 aromatic heterocycles. The molecule has 1 rings (SSSR count). The second-order valence-corrected chi connectivity index (χ2v) is 4.51. The minimum Gasteiger partial charge on any atom is -0.494 e. The lowest BCUT2D eigenvalue weighted by Crippen LogP contribution is -2.31. The van der Waals surface area contributed by atoms with E-state index in [0.717, 1.165) is 38.4 Å². The highest BCUT2D eigenvalue weighted by Gasteiger charge is 2.09. The molecule has 0 spiro atoms. The van der Waals surface area contributed by atoms with Crippen LogP contribution >= 0.6 is 0 Å². The van der Waals surface area contributed by atoms with Crippen molar-refractivity contribution in [3.8, 4) is 5.75 Å². The SMILES string of the molecule is CCCOc1ccc(C(N)CN(CC)CC)cc1. The lowest BCUT2D eigenvalue weighted by molar-refractivity contribution is 0.284. The van der Waals surface area contributed by atoms with Crippen LogP contribution in [0.25, 0.3) is 0 Å². The quantitative estimate of drug-likeness (QED) is 0.771. The Morgan fingerprint density at radius 2 is 1.72 bits per heavy atom. The number of rotatable bonds is 8. The zero-order valence-electron chi connectivity index (χ0n) is 11.9. The molecule has 3 nitrogen and oxygen atoms in total. The van der Waals surface area contributed by atoms with Crippen LogP contribution in [0, 0.1) is 0 Å². The van der Waals surface area contributed by atoms with Gasteiger partial charge in [0.2, 0.25) is 0 Å². The number of hydrogen-bond donors (Lipinski definition) is 1. The maximum atomic E-state index is 6.21. The van der Waals surface area contributed by atoms with Crippen LogP contribution in [0.1, 0.15) is 38.8 Å². The third-order valence-corrected chi connectivity index (χ3v) is 3.13. The van der Waals surface area contributed by atoms with E-state index in [9.17, 15) is 0 Å². The summed E-state index contributed by atoms with van der Waals surface area (Å²) in [6.45, 7) is 10.2. The van der Waals surface area contributed by atoms with Gasteiger partial charge in [-0.2, -0.15) is 0 Å². The van der Waals surface area contributed by atoms with Crippen LogP contribution < -0.4 is 10.5 Å². The molecule has 1 aromatic carbocycles.